The summed E-state index contributed by atoms with van der Waals surface area (Å²) in [5.74, 6) is 0. The lowest BCUT2D eigenvalue weighted by Crippen LogP contribution is -2.32. The number of hydrogen-bond donors (Lipinski definition) is 2. The number of likely N-dealkylation sites (N-methyl/N-ethyl adjacent to an activating group) is 1. The van der Waals surface area contributed by atoms with Crippen LogP contribution in [-0.2, 0) is 6.54 Å². The van der Waals surface area contributed by atoms with E-state index in [-0.39, 0.29) is 12.6 Å². The molecule has 0 bridgehead atoms. The third-order valence-corrected chi connectivity index (χ3v) is 2.81. The van der Waals surface area contributed by atoms with Crippen molar-refractivity contribution in [2.45, 2.75) is 19.5 Å². The van der Waals surface area contributed by atoms with Gasteiger partial charge in [-0.05, 0) is 24.6 Å². The van der Waals surface area contributed by atoms with E-state index in [1.165, 1.54) is 0 Å². The lowest BCUT2D eigenvalue weighted by Gasteiger charge is -2.27. The summed E-state index contributed by atoms with van der Waals surface area (Å²) in [4.78, 5) is 1.98. The standard InChI is InChI=1S/C11H17ClN2O/c1-8(7-15)14(2)11-5-10(12)4-3-9(11)6-13/h3-5,8,15H,6-7,13H2,1-2H3. The molecule has 3 N–H and O–H groups in total. The number of aliphatic hydroxyl groups excluding tert-OH is 1. The van der Waals surface area contributed by atoms with Crippen LogP contribution in [0.1, 0.15) is 12.5 Å². The molecule has 1 unspecified atom stereocenters. The molecule has 1 rings (SSSR count). The number of hydrogen-bond acceptors (Lipinski definition) is 3. The number of nitrogens with two attached hydrogens (primary N) is 1. The van der Waals surface area contributed by atoms with Gasteiger partial charge in [0.1, 0.15) is 0 Å². The van der Waals surface area contributed by atoms with Gasteiger partial charge >= 0.3 is 0 Å². The Bertz CT molecular complexity index is 330. The van der Waals surface area contributed by atoms with Crippen molar-refractivity contribution in [2.24, 2.45) is 5.73 Å². The molecular weight excluding hydrogens is 212 g/mol. The number of benzene rings is 1. The minimum Gasteiger partial charge on any atom is -0.394 e. The van der Waals surface area contributed by atoms with Crippen LogP contribution in [0.5, 0.6) is 0 Å². The topological polar surface area (TPSA) is 49.5 Å². The molecule has 1 atom stereocenters. The molecule has 1 aromatic rings. The molecule has 0 aromatic heterocycles. The molecule has 1 aromatic carbocycles. The van der Waals surface area contributed by atoms with Crippen LogP contribution in [0, 0.1) is 0 Å². The van der Waals surface area contributed by atoms with Gasteiger partial charge in [0.15, 0.2) is 0 Å². The second-order valence-corrected chi connectivity index (χ2v) is 4.06. The average molecular weight is 229 g/mol. The van der Waals surface area contributed by atoms with Gasteiger partial charge in [0.2, 0.25) is 0 Å². The summed E-state index contributed by atoms with van der Waals surface area (Å²) in [6, 6.07) is 5.66. The van der Waals surface area contributed by atoms with Crippen LogP contribution in [0.3, 0.4) is 0 Å². The number of anilines is 1. The first kappa shape index (κ1) is 12.3. The van der Waals surface area contributed by atoms with Gasteiger partial charge in [0.05, 0.1) is 6.61 Å². The summed E-state index contributed by atoms with van der Waals surface area (Å²) < 4.78 is 0. The van der Waals surface area contributed by atoms with Crippen molar-refractivity contribution in [1.82, 2.24) is 0 Å². The summed E-state index contributed by atoms with van der Waals surface area (Å²) in [6.07, 6.45) is 0. The zero-order chi connectivity index (χ0) is 11.4. The first-order valence-electron chi connectivity index (χ1n) is 4.92. The molecule has 0 heterocycles. The Kier molecular flexibility index (Phi) is 4.39. The number of nitrogens with zero attached hydrogens (tertiary/aromatic N) is 1. The van der Waals surface area contributed by atoms with Crippen molar-refractivity contribution in [3.8, 4) is 0 Å². The van der Waals surface area contributed by atoms with E-state index in [1.54, 1.807) is 0 Å². The molecule has 15 heavy (non-hydrogen) atoms. The van der Waals surface area contributed by atoms with E-state index in [0.717, 1.165) is 11.3 Å². The highest BCUT2D eigenvalue weighted by Gasteiger charge is 2.12. The van der Waals surface area contributed by atoms with Crippen molar-refractivity contribution in [1.29, 1.82) is 0 Å². The Labute approximate surface area is 95.5 Å². The molecule has 0 saturated carbocycles. The first-order chi connectivity index (χ1) is 7.10. The molecule has 0 fully saturated rings. The highest BCUT2D eigenvalue weighted by molar-refractivity contribution is 6.30. The fourth-order valence-corrected chi connectivity index (χ4v) is 1.56. The van der Waals surface area contributed by atoms with Crippen molar-refractivity contribution in [2.75, 3.05) is 18.6 Å². The lowest BCUT2D eigenvalue weighted by atomic mass is 10.1. The summed E-state index contributed by atoms with van der Waals surface area (Å²) in [5.41, 5.74) is 7.66. The molecule has 0 aliphatic rings. The summed E-state index contributed by atoms with van der Waals surface area (Å²) in [5, 5.41) is 9.77. The van der Waals surface area contributed by atoms with Crippen LogP contribution in [0.15, 0.2) is 18.2 Å². The Morgan fingerprint density at radius 3 is 2.73 bits per heavy atom. The van der Waals surface area contributed by atoms with Crippen LogP contribution < -0.4 is 10.6 Å². The Morgan fingerprint density at radius 1 is 1.53 bits per heavy atom. The minimum atomic E-state index is 0.0498. The van der Waals surface area contributed by atoms with Crippen LogP contribution in [0.2, 0.25) is 5.02 Å². The fraction of sp³-hybridized carbons (Fsp3) is 0.455. The molecule has 4 heteroatoms. The molecule has 0 radical (unpaired) electrons. The van der Waals surface area contributed by atoms with Gasteiger partial charge in [-0.3, -0.25) is 0 Å². The van der Waals surface area contributed by atoms with Gasteiger partial charge in [-0.25, -0.2) is 0 Å². The second kappa shape index (κ2) is 5.35. The third-order valence-electron chi connectivity index (χ3n) is 2.57. The normalized spacial score (nSPS) is 12.6. The van der Waals surface area contributed by atoms with Crippen LogP contribution in [0.4, 0.5) is 5.69 Å². The summed E-state index contributed by atoms with van der Waals surface area (Å²) in [6.45, 7) is 2.52. The molecule has 0 aliphatic carbocycles. The predicted octanol–water partition coefficient (Wildman–Crippen LogP) is 1.62. The molecule has 3 nitrogen and oxygen atoms in total. The van der Waals surface area contributed by atoms with Gasteiger partial charge in [-0.2, -0.15) is 0 Å². The van der Waals surface area contributed by atoms with E-state index in [0.29, 0.717) is 11.6 Å². The number of rotatable bonds is 4. The van der Waals surface area contributed by atoms with Gasteiger partial charge in [0, 0.05) is 30.3 Å². The van der Waals surface area contributed by atoms with Crippen molar-refractivity contribution < 1.29 is 5.11 Å². The Balaban J connectivity index is 3.05. The molecular formula is C11H17ClN2O. The first-order valence-corrected chi connectivity index (χ1v) is 5.30. The molecule has 0 aliphatic heterocycles. The largest absolute Gasteiger partial charge is 0.394 e. The number of aliphatic hydroxyl groups is 1. The minimum absolute atomic E-state index is 0.0498. The van der Waals surface area contributed by atoms with Crippen LogP contribution >= 0.6 is 11.6 Å². The quantitative estimate of drug-likeness (QED) is 0.824. The SMILES string of the molecule is CC(CO)N(C)c1cc(Cl)ccc1CN. The third kappa shape index (κ3) is 2.84. The Morgan fingerprint density at radius 2 is 2.20 bits per heavy atom. The number of halogens is 1. The predicted molar refractivity (Wildman–Crippen MR) is 64.3 cm³/mol. The van der Waals surface area contributed by atoms with Gasteiger partial charge in [0.25, 0.3) is 0 Å². The van der Waals surface area contributed by atoms with E-state index in [2.05, 4.69) is 0 Å². The fourth-order valence-electron chi connectivity index (χ4n) is 1.40. The van der Waals surface area contributed by atoms with E-state index in [1.807, 2.05) is 37.1 Å². The molecule has 0 spiro atoms. The summed E-state index contributed by atoms with van der Waals surface area (Å²) in [7, 11) is 1.92. The van der Waals surface area contributed by atoms with Gasteiger partial charge < -0.3 is 15.7 Å². The lowest BCUT2D eigenvalue weighted by molar-refractivity contribution is 0.270. The molecule has 0 amide bonds. The van der Waals surface area contributed by atoms with E-state index < -0.39 is 0 Å². The van der Waals surface area contributed by atoms with E-state index >= 15 is 0 Å². The maximum absolute atomic E-state index is 9.09. The van der Waals surface area contributed by atoms with Crippen LogP contribution in [-0.4, -0.2) is 24.8 Å². The zero-order valence-corrected chi connectivity index (χ0v) is 9.83. The van der Waals surface area contributed by atoms with Crippen molar-refractivity contribution in [3.05, 3.63) is 28.8 Å². The molecule has 0 saturated heterocycles. The smallest absolute Gasteiger partial charge is 0.0632 e. The maximum Gasteiger partial charge on any atom is 0.0632 e. The highest BCUT2D eigenvalue weighted by atomic mass is 35.5. The van der Waals surface area contributed by atoms with E-state index in [4.69, 9.17) is 22.4 Å². The van der Waals surface area contributed by atoms with Crippen molar-refractivity contribution in [3.63, 3.8) is 0 Å². The zero-order valence-electron chi connectivity index (χ0n) is 9.07. The average Bonchev–Trinajstić information content (AvgIpc) is 2.27. The summed E-state index contributed by atoms with van der Waals surface area (Å²) >= 11 is 5.94. The van der Waals surface area contributed by atoms with Gasteiger partial charge in [-0.15, -0.1) is 0 Å². The molecule has 84 valence electrons. The monoisotopic (exact) mass is 228 g/mol. The second-order valence-electron chi connectivity index (χ2n) is 3.62. The van der Waals surface area contributed by atoms with Gasteiger partial charge in [-0.1, -0.05) is 17.7 Å². The van der Waals surface area contributed by atoms with Crippen molar-refractivity contribution >= 4 is 17.3 Å². The van der Waals surface area contributed by atoms with Crippen LogP contribution in [0.25, 0.3) is 0 Å². The maximum atomic E-state index is 9.09. The van der Waals surface area contributed by atoms with E-state index in [9.17, 15) is 0 Å². The Hall–Kier alpha value is -0.770. The highest BCUT2D eigenvalue weighted by Crippen LogP contribution is 2.25.